The SMILES string of the molecule is C=C(C)/C(C)=C(\C)Nc1cccc(CC)c1.CC.CC.CN. The molecule has 1 aromatic rings. The molecule has 1 aromatic carbocycles. The van der Waals surface area contributed by atoms with Gasteiger partial charge in [0.15, 0.2) is 0 Å². The summed E-state index contributed by atoms with van der Waals surface area (Å²) in [5, 5.41) is 3.42. The topological polar surface area (TPSA) is 38.0 Å². The van der Waals surface area contributed by atoms with E-state index in [2.05, 4.69) is 62.7 Å². The summed E-state index contributed by atoms with van der Waals surface area (Å²) >= 11 is 0. The van der Waals surface area contributed by atoms with E-state index in [4.69, 9.17) is 0 Å². The Labute approximate surface area is 139 Å². The van der Waals surface area contributed by atoms with Gasteiger partial charge in [0, 0.05) is 11.4 Å². The maximum Gasteiger partial charge on any atom is 0.0384 e. The maximum atomic E-state index is 4.50. The third-order valence-corrected chi connectivity index (χ3v) is 2.87. The fourth-order valence-corrected chi connectivity index (χ4v) is 1.50. The Balaban J connectivity index is -0.000000535. The van der Waals surface area contributed by atoms with Crippen LogP contribution in [-0.2, 0) is 6.42 Å². The van der Waals surface area contributed by atoms with Crippen LogP contribution >= 0.6 is 0 Å². The Morgan fingerprint density at radius 2 is 1.55 bits per heavy atom. The summed E-state index contributed by atoms with van der Waals surface area (Å²) in [6, 6.07) is 8.52. The highest BCUT2D eigenvalue weighted by Crippen LogP contribution is 2.17. The number of nitrogens with one attached hydrogen (secondary N) is 1. The van der Waals surface area contributed by atoms with E-state index in [0.29, 0.717) is 0 Å². The van der Waals surface area contributed by atoms with Crippen molar-refractivity contribution in [3.05, 3.63) is 53.3 Å². The van der Waals surface area contributed by atoms with Gasteiger partial charge in [-0.3, -0.25) is 0 Å². The first-order valence-electron chi connectivity index (χ1n) is 8.31. The third kappa shape index (κ3) is 11.2. The molecule has 0 heterocycles. The zero-order valence-electron chi connectivity index (χ0n) is 16.3. The van der Waals surface area contributed by atoms with Crippen molar-refractivity contribution in [1.82, 2.24) is 0 Å². The minimum absolute atomic E-state index is 1.07. The minimum atomic E-state index is 1.07. The molecule has 0 saturated heterocycles. The van der Waals surface area contributed by atoms with Gasteiger partial charge in [-0.25, -0.2) is 0 Å². The average molecular weight is 307 g/mol. The van der Waals surface area contributed by atoms with Crippen LogP contribution in [0.1, 0.15) is 61.0 Å². The number of aryl methyl sites for hydroxylation is 1. The van der Waals surface area contributed by atoms with E-state index in [1.54, 1.807) is 0 Å². The van der Waals surface area contributed by atoms with Gasteiger partial charge in [0.05, 0.1) is 0 Å². The van der Waals surface area contributed by atoms with Crippen LogP contribution in [0.25, 0.3) is 0 Å². The molecule has 22 heavy (non-hydrogen) atoms. The van der Waals surface area contributed by atoms with Crippen LogP contribution in [0.5, 0.6) is 0 Å². The Bertz CT molecular complexity index is 417. The second-order valence-corrected chi connectivity index (χ2v) is 4.21. The monoisotopic (exact) mass is 306 g/mol. The molecule has 0 aliphatic carbocycles. The lowest BCUT2D eigenvalue weighted by Crippen LogP contribution is -1.99. The van der Waals surface area contributed by atoms with E-state index in [9.17, 15) is 0 Å². The normalized spacial score (nSPS) is 9.55. The van der Waals surface area contributed by atoms with Gasteiger partial charge in [0.2, 0.25) is 0 Å². The van der Waals surface area contributed by atoms with Crippen LogP contribution in [0.4, 0.5) is 5.69 Å². The molecular weight excluding hydrogens is 268 g/mol. The van der Waals surface area contributed by atoms with Crippen LogP contribution in [0.3, 0.4) is 0 Å². The fraction of sp³-hybridized carbons (Fsp3) is 0.500. The molecule has 0 bridgehead atoms. The van der Waals surface area contributed by atoms with E-state index in [-0.39, 0.29) is 0 Å². The Morgan fingerprint density at radius 1 is 1.05 bits per heavy atom. The third-order valence-electron chi connectivity index (χ3n) is 2.87. The molecular formula is C20H38N2. The zero-order valence-corrected chi connectivity index (χ0v) is 16.3. The lowest BCUT2D eigenvalue weighted by molar-refractivity contribution is 1.14. The molecule has 2 nitrogen and oxygen atoms in total. The molecule has 0 atom stereocenters. The summed E-state index contributed by atoms with van der Waals surface area (Å²) in [7, 11) is 1.50. The van der Waals surface area contributed by atoms with Gasteiger partial charge in [-0.15, -0.1) is 0 Å². The highest BCUT2D eigenvalue weighted by Gasteiger charge is 1.99. The average Bonchev–Trinajstić information content (AvgIpc) is 2.59. The first-order valence-corrected chi connectivity index (χ1v) is 8.31. The summed E-state index contributed by atoms with van der Waals surface area (Å²) in [4.78, 5) is 0. The molecule has 0 saturated carbocycles. The summed E-state index contributed by atoms with van der Waals surface area (Å²) < 4.78 is 0. The Hall–Kier alpha value is -1.54. The molecule has 1 rings (SSSR count). The number of hydrogen-bond acceptors (Lipinski definition) is 2. The fourth-order valence-electron chi connectivity index (χ4n) is 1.50. The van der Waals surface area contributed by atoms with E-state index < -0.39 is 0 Å². The van der Waals surface area contributed by atoms with Crippen molar-refractivity contribution in [2.45, 2.75) is 61.8 Å². The number of rotatable bonds is 4. The predicted molar refractivity (Wildman–Crippen MR) is 105 cm³/mol. The van der Waals surface area contributed by atoms with Crippen molar-refractivity contribution in [3.63, 3.8) is 0 Å². The molecule has 2 heteroatoms. The largest absolute Gasteiger partial charge is 0.359 e. The van der Waals surface area contributed by atoms with Crippen molar-refractivity contribution in [2.24, 2.45) is 5.73 Å². The number of benzene rings is 1. The summed E-state index contributed by atoms with van der Waals surface area (Å²) in [6.45, 7) is 20.3. The minimum Gasteiger partial charge on any atom is -0.359 e. The molecule has 0 aliphatic rings. The van der Waals surface area contributed by atoms with E-state index >= 15 is 0 Å². The van der Waals surface area contributed by atoms with Crippen LogP contribution < -0.4 is 11.1 Å². The quantitative estimate of drug-likeness (QED) is 0.654. The molecule has 0 unspecified atom stereocenters. The number of allylic oxidation sites excluding steroid dienone is 3. The Morgan fingerprint density at radius 3 is 1.95 bits per heavy atom. The van der Waals surface area contributed by atoms with Crippen LogP contribution in [-0.4, -0.2) is 7.05 Å². The summed E-state index contributed by atoms with van der Waals surface area (Å²) in [5.74, 6) is 0. The first-order chi connectivity index (χ1) is 10.5. The number of nitrogens with two attached hydrogens (primary N) is 1. The first kappa shape index (κ1) is 25.4. The molecule has 0 spiro atoms. The van der Waals surface area contributed by atoms with Crippen LogP contribution in [0, 0.1) is 0 Å². The molecule has 128 valence electrons. The van der Waals surface area contributed by atoms with E-state index in [1.807, 2.05) is 34.6 Å². The van der Waals surface area contributed by atoms with E-state index in [0.717, 1.165) is 17.7 Å². The Kier molecular flexibility index (Phi) is 20.2. The molecule has 0 aliphatic heterocycles. The predicted octanol–water partition coefficient (Wildman–Crippen LogP) is 6.16. The van der Waals surface area contributed by atoms with Gasteiger partial charge in [-0.05, 0) is 57.5 Å². The maximum absolute atomic E-state index is 4.50. The van der Waals surface area contributed by atoms with Gasteiger partial charge in [-0.1, -0.05) is 58.9 Å². The van der Waals surface area contributed by atoms with Gasteiger partial charge in [-0.2, -0.15) is 0 Å². The standard InChI is InChI=1S/C15H21N.2C2H6.CH5N/c1-6-14-8-7-9-15(10-14)16-13(5)12(4)11(2)3;3*1-2/h7-10,16H,2,6H2,1,3-5H3;2*1-2H3;2H2,1H3/b13-12+;;;. The molecule has 0 radical (unpaired) electrons. The van der Waals surface area contributed by atoms with Crippen molar-refractivity contribution in [3.8, 4) is 0 Å². The highest BCUT2D eigenvalue weighted by atomic mass is 14.9. The second kappa shape index (κ2) is 17.5. The van der Waals surface area contributed by atoms with Gasteiger partial charge < -0.3 is 11.1 Å². The zero-order chi connectivity index (χ0) is 18.1. The molecule has 0 aromatic heterocycles. The smallest absolute Gasteiger partial charge is 0.0384 e. The molecule has 0 fully saturated rings. The van der Waals surface area contributed by atoms with Crippen LogP contribution in [0.2, 0.25) is 0 Å². The van der Waals surface area contributed by atoms with Gasteiger partial charge in [0.1, 0.15) is 0 Å². The van der Waals surface area contributed by atoms with Crippen molar-refractivity contribution < 1.29 is 0 Å². The van der Waals surface area contributed by atoms with Crippen LogP contribution in [0.15, 0.2) is 47.7 Å². The second-order valence-electron chi connectivity index (χ2n) is 4.21. The highest BCUT2D eigenvalue weighted by molar-refractivity contribution is 5.51. The number of anilines is 1. The summed E-state index contributed by atoms with van der Waals surface area (Å²) in [6.07, 6.45) is 1.07. The van der Waals surface area contributed by atoms with Gasteiger partial charge in [0.25, 0.3) is 0 Å². The van der Waals surface area contributed by atoms with Crippen molar-refractivity contribution >= 4 is 5.69 Å². The molecule has 3 N–H and O–H groups in total. The van der Waals surface area contributed by atoms with Crippen molar-refractivity contribution in [2.75, 3.05) is 12.4 Å². The van der Waals surface area contributed by atoms with Gasteiger partial charge >= 0.3 is 0 Å². The lowest BCUT2D eigenvalue weighted by Gasteiger charge is -2.11. The number of hydrogen-bond donors (Lipinski definition) is 2. The summed E-state index contributed by atoms with van der Waals surface area (Å²) in [5.41, 5.74) is 10.5. The lowest BCUT2D eigenvalue weighted by atomic mass is 10.1. The molecule has 0 amide bonds. The van der Waals surface area contributed by atoms with Crippen molar-refractivity contribution in [1.29, 1.82) is 0 Å². The van der Waals surface area contributed by atoms with E-state index in [1.165, 1.54) is 23.9 Å².